The largest absolute Gasteiger partial charge is 0.504 e. The minimum absolute atomic E-state index is 0.0711. The SMILES string of the molecule is O=C(NC1=C[C@@H](NC(=O)c2cccc(O)c2O)CC=C1)c1cccc(O)c1O. The zero-order valence-electron chi connectivity index (χ0n) is 14.6. The van der Waals surface area contributed by atoms with E-state index >= 15 is 0 Å². The molecule has 2 aromatic carbocycles. The first-order valence-corrected chi connectivity index (χ1v) is 8.39. The zero-order chi connectivity index (χ0) is 20.3. The summed E-state index contributed by atoms with van der Waals surface area (Å²) in [6.45, 7) is 0. The predicted molar refractivity (Wildman–Crippen MR) is 100 cm³/mol. The van der Waals surface area contributed by atoms with Gasteiger partial charge in [0.15, 0.2) is 23.0 Å². The van der Waals surface area contributed by atoms with Crippen LogP contribution in [0, 0.1) is 0 Å². The van der Waals surface area contributed by atoms with Gasteiger partial charge in [-0.25, -0.2) is 0 Å². The van der Waals surface area contributed by atoms with Crippen molar-refractivity contribution in [2.45, 2.75) is 12.5 Å². The molecule has 2 aromatic rings. The quantitative estimate of drug-likeness (QED) is 0.446. The summed E-state index contributed by atoms with van der Waals surface area (Å²) < 4.78 is 0. The Morgan fingerprint density at radius 1 is 0.857 bits per heavy atom. The minimum atomic E-state index is -0.623. The van der Waals surface area contributed by atoms with E-state index in [-0.39, 0.29) is 11.1 Å². The predicted octanol–water partition coefficient (Wildman–Crippen LogP) is 1.88. The number of phenols is 4. The Labute approximate surface area is 160 Å². The average molecular weight is 382 g/mol. The van der Waals surface area contributed by atoms with Gasteiger partial charge in [0.1, 0.15) is 0 Å². The fraction of sp³-hybridized carbons (Fsp3) is 0.100. The van der Waals surface area contributed by atoms with Gasteiger partial charge in [-0.05, 0) is 42.8 Å². The Kier molecular flexibility index (Phi) is 5.21. The molecule has 0 spiro atoms. The van der Waals surface area contributed by atoms with Crippen LogP contribution >= 0.6 is 0 Å². The Hall–Kier alpha value is -3.94. The molecule has 0 radical (unpaired) electrons. The molecular weight excluding hydrogens is 364 g/mol. The lowest BCUT2D eigenvalue weighted by atomic mass is 10.0. The number of amides is 2. The van der Waals surface area contributed by atoms with Crippen molar-refractivity contribution in [1.29, 1.82) is 0 Å². The van der Waals surface area contributed by atoms with Gasteiger partial charge in [-0.3, -0.25) is 9.59 Å². The second-order valence-corrected chi connectivity index (χ2v) is 6.14. The summed E-state index contributed by atoms with van der Waals surface area (Å²) in [7, 11) is 0. The van der Waals surface area contributed by atoms with Crippen molar-refractivity contribution in [2.24, 2.45) is 0 Å². The monoisotopic (exact) mass is 382 g/mol. The third-order valence-electron chi connectivity index (χ3n) is 4.16. The summed E-state index contributed by atoms with van der Waals surface area (Å²) in [5.74, 6) is -3.04. The van der Waals surface area contributed by atoms with E-state index in [0.29, 0.717) is 12.1 Å². The Balaban J connectivity index is 1.71. The highest BCUT2D eigenvalue weighted by atomic mass is 16.3. The van der Waals surface area contributed by atoms with Crippen molar-refractivity contribution in [3.63, 3.8) is 0 Å². The number of aromatic hydroxyl groups is 4. The highest BCUT2D eigenvalue weighted by Crippen LogP contribution is 2.29. The fourth-order valence-corrected chi connectivity index (χ4v) is 2.74. The van der Waals surface area contributed by atoms with E-state index in [9.17, 15) is 30.0 Å². The van der Waals surface area contributed by atoms with E-state index in [4.69, 9.17) is 0 Å². The lowest BCUT2D eigenvalue weighted by Crippen LogP contribution is -2.35. The molecule has 144 valence electrons. The van der Waals surface area contributed by atoms with Crippen LogP contribution in [0.5, 0.6) is 23.0 Å². The van der Waals surface area contributed by atoms with Crippen LogP contribution in [0.1, 0.15) is 27.1 Å². The molecule has 1 aliphatic rings. The van der Waals surface area contributed by atoms with Crippen LogP contribution in [0.25, 0.3) is 0 Å². The second kappa shape index (κ2) is 7.75. The second-order valence-electron chi connectivity index (χ2n) is 6.14. The van der Waals surface area contributed by atoms with Crippen LogP contribution in [0.2, 0.25) is 0 Å². The number of carbonyl (C=O) groups is 2. The highest BCUT2D eigenvalue weighted by Gasteiger charge is 2.20. The Bertz CT molecular complexity index is 996. The number of phenolic OH excluding ortho intramolecular Hbond substituents is 4. The molecule has 0 aromatic heterocycles. The first-order valence-electron chi connectivity index (χ1n) is 8.39. The maximum Gasteiger partial charge on any atom is 0.259 e. The number of benzene rings is 2. The molecule has 0 bridgehead atoms. The zero-order valence-corrected chi connectivity index (χ0v) is 14.6. The van der Waals surface area contributed by atoms with Crippen molar-refractivity contribution in [3.05, 3.63) is 71.5 Å². The van der Waals surface area contributed by atoms with E-state index in [1.165, 1.54) is 36.4 Å². The van der Waals surface area contributed by atoms with Crippen LogP contribution < -0.4 is 10.6 Å². The number of hydrogen-bond donors (Lipinski definition) is 6. The van der Waals surface area contributed by atoms with Gasteiger partial charge < -0.3 is 31.1 Å². The molecule has 0 aliphatic heterocycles. The smallest absolute Gasteiger partial charge is 0.259 e. The lowest BCUT2D eigenvalue weighted by molar-refractivity contribution is 0.0940. The highest BCUT2D eigenvalue weighted by molar-refractivity contribution is 5.99. The first kappa shape index (κ1) is 18.8. The lowest BCUT2D eigenvalue weighted by Gasteiger charge is -2.19. The van der Waals surface area contributed by atoms with Crippen molar-refractivity contribution < 1.29 is 30.0 Å². The van der Waals surface area contributed by atoms with Crippen molar-refractivity contribution in [2.75, 3.05) is 0 Å². The summed E-state index contributed by atoms with van der Waals surface area (Å²) in [6.07, 6.45) is 5.45. The van der Waals surface area contributed by atoms with Gasteiger partial charge in [0, 0.05) is 5.70 Å². The van der Waals surface area contributed by atoms with Gasteiger partial charge in [-0.1, -0.05) is 18.2 Å². The van der Waals surface area contributed by atoms with Crippen LogP contribution in [0.3, 0.4) is 0 Å². The third-order valence-corrected chi connectivity index (χ3v) is 4.16. The maximum atomic E-state index is 12.3. The molecule has 3 rings (SSSR count). The standard InChI is InChI=1S/C20H18N2O6/c23-15-8-2-6-13(17(15)25)19(27)21-11-4-1-5-12(10-11)22-20(28)14-7-3-9-16(24)18(14)26/h1-4,6-10,12,23-26H,5H2,(H,21,27)(H,22,28)/t12-/m0/s1. The number of nitrogens with one attached hydrogen (secondary N) is 2. The van der Waals surface area contributed by atoms with Crippen molar-refractivity contribution in [1.82, 2.24) is 10.6 Å². The summed E-state index contributed by atoms with van der Waals surface area (Å²) in [5, 5.41) is 43.9. The number of rotatable bonds is 4. The number of hydrogen-bond acceptors (Lipinski definition) is 6. The molecule has 2 amide bonds. The van der Waals surface area contributed by atoms with Gasteiger partial charge >= 0.3 is 0 Å². The molecule has 1 aliphatic carbocycles. The molecule has 0 saturated carbocycles. The van der Waals surface area contributed by atoms with Crippen molar-refractivity contribution >= 4 is 11.8 Å². The van der Waals surface area contributed by atoms with Gasteiger partial charge in [0.05, 0.1) is 17.2 Å². The average Bonchev–Trinajstić information content (AvgIpc) is 2.66. The van der Waals surface area contributed by atoms with E-state index in [2.05, 4.69) is 10.6 Å². The molecule has 0 saturated heterocycles. The van der Waals surface area contributed by atoms with Gasteiger partial charge in [-0.15, -0.1) is 0 Å². The van der Waals surface area contributed by atoms with Crippen LogP contribution in [0.4, 0.5) is 0 Å². The molecular formula is C20H18N2O6. The van der Waals surface area contributed by atoms with Gasteiger partial charge in [0.25, 0.3) is 11.8 Å². The summed E-state index contributed by atoms with van der Waals surface area (Å²) in [6, 6.07) is 7.66. The molecule has 8 nitrogen and oxygen atoms in total. The molecule has 1 atom stereocenters. The number of allylic oxidation sites excluding steroid dienone is 1. The summed E-state index contributed by atoms with van der Waals surface area (Å²) >= 11 is 0. The minimum Gasteiger partial charge on any atom is -0.504 e. The van der Waals surface area contributed by atoms with Crippen LogP contribution in [-0.2, 0) is 0 Å². The number of para-hydroxylation sites is 2. The molecule has 0 fully saturated rings. The maximum absolute atomic E-state index is 12.3. The van der Waals surface area contributed by atoms with E-state index in [1.807, 2.05) is 0 Å². The molecule has 6 N–H and O–H groups in total. The third kappa shape index (κ3) is 3.90. The Morgan fingerprint density at radius 3 is 2.04 bits per heavy atom. The van der Waals surface area contributed by atoms with Crippen LogP contribution in [-0.4, -0.2) is 38.3 Å². The summed E-state index contributed by atoms with van der Waals surface area (Å²) in [4.78, 5) is 24.6. The molecule has 28 heavy (non-hydrogen) atoms. The normalized spacial score (nSPS) is 15.6. The topological polar surface area (TPSA) is 139 Å². The first-order chi connectivity index (χ1) is 13.4. The fourth-order valence-electron chi connectivity index (χ4n) is 2.74. The number of carbonyl (C=O) groups excluding carboxylic acids is 2. The molecule has 8 heteroatoms. The van der Waals surface area contributed by atoms with E-state index in [0.717, 1.165) is 0 Å². The summed E-state index contributed by atoms with van der Waals surface area (Å²) in [5.41, 5.74) is 0.229. The van der Waals surface area contributed by atoms with Crippen molar-refractivity contribution in [3.8, 4) is 23.0 Å². The van der Waals surface area contributed by atoms with E-state index < -0.39 is 40.9 Å². The molecule has 0 unspecified atom stereocenters. The van der Waals surface area contributed by atoms with Gasteiger partial charge in [0.2, 0.25) is 0 Å². The van der Waals surface area contributed by atoms with Gasteiger partial charge in [-0.2, -0.15) is 0 Å². The molecule has 0 heterocycles. The van der Waals surface area contributed by atoms with Crippen LogP contribution in [0.15, 0.2) is 60.3 Å². The van der Waals surface area contributed by atoms with E-state index in [1.54, 1.807) is 18.2 Å². The Morgan fingerprint density at radius 2 is 1.43 bits per heavy atom.